The number of thiophene rings is 1. The molecule has 2 heterocycles. The highest BCUT2D eigenvalue weighted by molar-refractivity contribution is 7.10. The Morgan fingerprint density at radius 3 is 2.77 bits per heavy atom. The summed E-state index contributed by atoms with van der Waals surface area (Å²) in [4.78, 5) is 13.5. The third-order valence-corrected chi connectivity index (χ3v) is 4.58. The molecule has 1 aromatic carbocycles. The zero-order valence-corrected chi connectivity index (χ0v) is 13.1. The number of nitrogens with one attached hydrogen (secondary N) is 1. The van der Waals surface area contributed by atoms with Crippen LogP contribution in [0.1, 0.15) is 16.5 Å². The monoisotopic (exact) mass is 317 g/mol. The summed E-state index contributed by atoms with van der Waals surface area (Å²) in [5.74, 6) is -0.103. The molecule has 5 heteroatoms. The van der Waals surface area contributed by atoms with Gasteiger partial charge in [-0.3, -0.25) is 4.79 Å². The highest BCUT2D eigenvalue weighted by Gasteiger charge is 2.25. The molecule has 1 N–H and O–H groups in total. The summed E-state index contributed by atoms with van der Waals surface area (Å²) < 4.78 is 10.8. The summed E-state index contributed by atoms with van der Waals surface area (Å²) in [6.07, 6.45) is 0.257. The average molecular weight is 317 g/mol. The van der Waals surface area contributed by atoms with Crippen LogP contribution in [0.3, 0.4) is 0 Å². The first kappa shape index (κ1) is 15.2. The molecule has 0 bridgehead atoms. The van der Waals surface area contributed by atoms with Crippen molar-refractivity contribution in [1.29, 1.82) is 0 Å². The van der Waals surface area contributed by atoms with E-state index in [1.165, 1.54) is 5.56 Å². The first-order chi connectivity index (χ1) is 10.8. The topological polar surface area (TPSA) is 47.6 Å². The Morgan fingerprint density at radius 1 is 1.23 bits per heavy atom. The van der Waals surface area contributed by atoms with Gasteiger partial charge in [0.1, 0.15) is 0 Å². The number of rotatable bonds is 5. The van der Waals surface area contributed by atoms with E-state index in [2.05, 4.69) is 23.5 Å². The summed E-state index contributed by atoms with van der Waals surface area (Å²) in [6, 6.07) is 14.2. The summed E-state index contributed by atoms with van der Waals surface area (Å²) in [5.41, 5.74) is 1.20. The molecule has 3 rings (SSSR count). The second kappa shape index (κ2) is 7.54. The van der Waals surface area contributed by atoms with Crippen LogP contribution in [0.15, 0.2) is 47.8 Å². The number of hydrogen-bond acceptors (Lipinski definition) is 4. The van der Waals surface area contributed by atoms with Gasteiger partial charge in [-0.15, -0.1) is 11.3 Å². The molecule has 1 amide bonds. The zero-order chi connectivity index (χ0) is 15.2. The van der Waals surface area contributed by atoms with Gasteiger partial charge in [0.2, 0.25) is 0 Å². The van der Waals surface area contributed by atoms with Crippen LogP contribution in [0.2, 0.25) is 0 Å². The van der Waals surface area contributed by atoms with Crippen LogP contribution >= 0.6 is 11.3 Å². The Kier molecular flexibility index (Phi) is 5.21. The fraction of sp³-hybridized carbons (Fsp3) is 0.353. The van der Waals surface area contributed by atoms with Crippen LogP contribution in [0.4, 0.5) is 0 Å². The van der Waals surface area contributed by atoms with E-state index < -0.39 is 6.10 Å². The normalized spacial score (nSPS) is 19.5. The van der Waals surface area contributed by atoms with Gasteiger partial charge >= 0.3 is 0 Å². The lowest BCUT2D eigenvalue weighted by molar-refractivity contribution is -0.148. The molecule has 0 saturated carbocycles. The number of ether oxygens (including phenoxy) is 2. The second-order valence-electron chi connectivity index (χ2n) is 5.20. The van der Waals surface area contributed by atoms with Gasteiger partial charge in [-0.2, -0.15) is 0 Å². The van der Waals surface area contributed by atoms with Gasteiger partial charge in [-0.05, 0) is 23.4 Å². The molecular weight excluding hydrogens is 298 g/mol. The predicted molar refractivity (Wildman–Crippen MR) is 85.9 cm³/mol. The minimum absolute atomic E-state index is 0.0413. The molecule has 1 aliphatic rings. The van der Waals surface area contributed by atoms with Crippen LogP contribution in [-0.4, -0.2) is 31.8 Å². The second-order valence-corrected chi connectivity index (χ2v) is 6.18. The number of carbonyl (C=O) groups is 1. The lowest BCUT2D eigenvalue weighted by Gasteiger charge is -2.25. The number of amides is 1. The molecule has 4 nitrogen and oxygen atoms in total. The van der Waals surface area contributed by atoms with Crippen molar-refractivity contribution in [2.75, 3.05) is 19.8 Å². The molecule has 1 fully saturated rings. The van der Waals surface area contributed by atoms with Gasteiger partial charge in [-0.1, -0.05) is 36.4 Å². The number of benzene rings is 1. The summed E-state index contributed by atoms with van der Waals surface area (Å²) in [5, 5.41) is 5.13. The molecule has 0 radical (unpaired) electrons. The van der Waals surface area contributed by atoms with Crippen molar-refractivity contribution >= 4 is 17.2 Å². The van der Waals surface area contributed by atoms with Gasteiger partial charge in [-0.25, -0.2) is 0 Å². The molecule has 1 aliphatic heterocycles. The third kappa shape index (κ3) is 3.94. The SMILES string of the molecule is O=C(N[C@H](Cc1ccccc1)c1cccs1)[C@@H]1COCCO1. The van der Waals surface area contributed by atoms with E-state index in [0.717, 1.165) is 11.3 Å². The molecule has 2 aromatic rings. The maximum absolute atomic E-state index is 12.4. The summed E-state index contributed by atoms with van der Waals surface area (Å²) in [7, 11) is 0. The molecule has 1 saturated heterocycles. The number of carbonyl (C=O) groups excluding carboxylic acids is 1. The maximum Gasteiger partial charge on any atom is 0.252 e. The minimum atomic E-state index is -0.507. The van der Waals surface area contributed by atoms with Crippen LogP contribution in [-0.2, 0) is 20.7 Å². The van der Waals surface area contributed by atoms with Crippen molar-refractivity contribution < 1.29 is 14.3 Å². The number of hydrogen-bond donors (Lipinski definition) is 1. The molecule has 0 spiro atoms. The van der Waals surface area contributed by atoms with E-state index in [9.17, 15) is 4.79 Å². The smallest absolute Gasteiger partial charge is 0.252 e. The van der Waals surface area contributed by atoms with E-state index in [0.29, 0.717) is 19.8 Å². The summed E-state index contributed by atoms with van der Waals surface area (Å²) >= 11 is 1.65. The van der Waals surface area contributed by atoms with Gasteiger partial charge in [0.05, 0.1) is 25.9 Å². The van der Waals surface area contributed by atoms with Crippen LogP contribution in [0.25, 0.3) is 0 Å². The Labute approximate surface area is 134 Å². The van der Waals surface area contributed by atoms with Crippen molar-refractivity contribution in [3.05, 3.63) is 58.3 Å². The van der Waals surface area contributed by atoms with Crippen LogP contribution < -0.4 is 5.32 Å². The van der Waals surface area contributed by atoms with Gasteiger partial charge < -0.3 is 14.8 Å². The Hall–Kier alpha value is -1.69. The molecular formula is C17H19NO3S. The maximum atomic E-state index is 12.4. The van der Waals surface area contributed by atoms with Crippen LogP contribution in [0, 0.1) is 0 Å². The standard InChI is InChI=1S/C17H19NO3S/c19-17(15-12-20-8-9-21-15)18-14(16-7-4-10-22-16)11-13-5-2-1-3-6-13/h1-7,10,14-15H,8-9,11-12H2,(H,18,19)/t14-,15+/m1/s1. The predicted octanol–water partition coefficient (Wildman–Crippen LogP) is 2.56. The Balaban J connectivity index is 1.70. The van der Waals surface area contributed by atoms with Gasteiger partial charge in [0.25, 0.3) is 5.91 Å². The Bertz CT molecular complexity index is 579. The third-order valence-electron chi connectivity index (χ3n) is 3.59. The van der Waals surface area contributed by atoms with E-state index >= 15 is 0 Å². The molecule has 116 valence electrons. The van der Waals surface area contributed by atoms with E-state index in [1.807, 2.05) is 29.6 Å². The van der Waals surface area contributed by atoms with Crippen molar-refractivity contribution in [2.24, 2.45) is 0 Å². The Morgan fingerprint density at radius 2 is 2.09 bits per heavy atom. The average Bonchev–Trinajstić information content (AvgIpc) is 3.10. The lowest BCUT2D eigenvalue weighted by atomic mass is 10.0. The largest absolute Gasteiger partial charge is 0.376 e. The highest BCUT2D eigenvalue weighted by atomic mass is 32.1. The van der Waals surface area contributed by atoms with Crippen LogP contribution in [0.5, 0.6) is 0 Å². The summed E-state index contributed by atoms with van der Waals surface area (Å²) in [6.45, 7) is 1.36. The lowest BCUT2D eigenvalue weighted by Crippen LogP contribution is -2.44. The molecule has 0 aliphatic carbocycles. The minimum Gasteiger partial charge on any atom is -0.376 e. The van der Waals surface area contributed by atoms with Gasteiger partial charge in [0, 0.05) is 4.88 Å². The highest BCUT2D eigenvalue weighted by Crippen LogP contribution is 2.23. The fourth-order valence-electron chi connectivity index (χ4n) is 2.47. The molecule has 0 unspecified atom stereocenters. The van der Waals surface area contributed by atoms with Crippen molar-refractivity contribution in [3.8, 4) is 0 Å². The first-order valence-electron chi connectivity index (χ1n) is 7.40. The first-order valence-corrected chi connectivity index (χ1v) is 8.28. The molecule has 2 atom stereocenters. The van der Waals surface area contributed by atoms with Crippen molar-refractivity contribution in [3.63, 3.8) is 0 Å². The zero-order valence-electron chi connectivity index (χ0n) is 12.2. The van der Waals surface area contributed by atoms with Crippen molar-refractivity contribution in [1.82, 2.24) is 5.32 Å². The van der Waals surface area contributed by atoms with E-state index in [1.54, 1.807) is 11.3 Å². The molecule has 22 heavy (non-hydrogen) atoms. The van der Waals surface area contributed by atoms with Crippen molar-refractivity contribution in [2.45, 2.75) is 18.6 Å². The van der Waals surface area contributed by atoms with E-state index in [4.69, 9.17) is 9.47 Å². The quantitative estimate of drug-likeness (QED) is 0.922. The molecule has 1 aromatic heterocycles. The fourth-order valence-corrected chi connectivity index (χ4v) is 3.24. The van der Waals surface area contributed by atoms with Gasteiger partial charge in [0.15, 0.2) is 6.10 Å². The van der Waals surface area contributed by atoms with E-state index in [-0.39, 0.29) is 11.9 Å².